The molecule has 0 rings (SSSR count). The summed E-state index contributed by atoms with van der Waals surface area (Å²) in [5.41, 5.74) is 0. The molecular formula is CH7O6P3. The van der Waals surface area contributed by atoms with Crippen molar-refractivity contribution in [3.63, 3.8) is 0 Å². The fourth-order valence-corrected chi connectivity index (χ4v) is 1.87. The second-order valence-electron chi connectivity index (χ2n) is 1.12. The summed E-state index contributed by atoms with van der Waals surface area (Å²) in [6.07, 6.45) is 0. The van der Waals surface area contributed by atoms with Gasteiger partial charge >= 0.3 is 17.2 Å². The lowest BCUT2D eigenvalue weighted by Gasteiger charge is -2.10. The van der Waals surface area contributed by atoms with Crippen LogP contribution in [0.4, 0.5) is 0 Å². The molecule has 0 aliphatic rings. The predicted molar refractivity (Wildman–Crippen MR) is 37.7 cm³/mol. The Morgan fingerprint density at radius 3 is 1.80 bits per heavy atom. The smallest absolute Gasteiger partial charge is 0.342 e. The van der Waals surface area contributed by atoms with Gasteiger partial charge in [0.05, 0.1) is 0 Å². The van der Waals surface area contributed by atoms with E-state index in [2.05, 4.69) is 8.62 Å². The first kappa shape index (κ1) is 11.1. The molecule has 4 N–H and O–H groups in total. The maximum atomic E-state index is 8.56. The van der Waals surface area contributed by atoms with Gasteiger partial charge in [0.1, 0.15) is 0 Å². The molecule has 0 spiro atoms. The molecule has 62 valence electrons. The summed E-state index contributed by atoms with van der Waals surface area (Å²) in [5, 5.41) is 0. The molecule has 0 saturated heterocycles. The highest BCUT2D eigenvalue weighted by atomic mass is 31.3. The van der Waals surface area contributed by atoms with Crippen LogP contribution in [0.1, 0.15) is 0 Å². The molecule has 0 amide bonds. The van der Waals surface area contributed by atoms with Crippen LogP contribution < -0.4 is 0 Å². The zero-order chi connectivity index (χ0) is 8.15. The van der Waals surface area contributed by atoms with E-state index in [1.807, 2.05) is 0 Å². The van der Waals surface area contributed by atoms with Gasteiger partial charge in [0.15, 0.2) is 8.38 Å². The third-order valence-electron chi connectivity index (χ3n) is 0.331. The van der Waals surface area contributed by atoms with E-state index in [9.17, 15) is 0 Å². The topological polar surface area (TPSA) is 99.4 Å². The van der Waals surface area contributed by atoms with E-state index in [-0.39, 0.29) is 0 Å². The van der Waals surface area contributed by atoms with Crippen molar-refractivity contribution in [1.82, 2.24) is 0 Å². The lowest BCUT2D eigenvalue weighted by molar-refractivity contribution is 0.328. The van der Waals surface area contributed by atoms with Crippen LogP contribution in [0.3, 0.4) is 0 Å². The van der Waals surface area contributed by atoms with E-state index in [0.717, 1.165) is 0 Å². The van der Waals surface area contributed by atoms with E-state index in [4.69, 9.17) is 19.6 Å². The third kappa shape index (κ3) is 7.16. The first-order valence-corrected chi connectivity index (χ1v) is 5.93. The summed E-state index contributed by atoms with van der Waals surface area (Å²) in [7, 11) is -6.70. The molecule has 0 radical (unpaired) electrons. The fraction of sp³-hybridized carbons (Fsp3) is 1.00. The molecule has 0 aliphatic heterocycles. The van der Waals surface area contributed by atoms with Crippen LogP contribution in [-0.2, 0) is 8.62 Å². The number of rotatable bonds is 4. The number of hydrogen-bond donors (Lipinski definition) is 4. The minimum Gasteiger partial charge on any atom is -0.350 e. The van der Waals surface area contributed by atoms with Gasteiger partial charge in [-0.1, -0.05) is 0 Å². The molecular weight excluding hydrogens is 201 g/mol. The van der Waals surface area contributed by atoms with E-state index in [1.165, 1.54) is 6.66 Å². The van der Waals surface area contributed by atoms with E-state index in [0.29, 0.717) is 0 Å². The summed E-state index contributed by atoms with van der Waals surface area (Å²) < 4.78 is 8.27. The maximum absolute atomic E-state index is 8.56. The predicted octanol–water partition coefficient (Wildman–Crippen LogP) is 0.384. The van der Waals surface area contributed by atoms with Gasteiger partial charge in [-0.2, -0.15) is 0 Å². The minimum atomic E-state index is -2.62. The van der Waals surface area contributed by atoms with Gasteiger partial charge in [-0.05, 0) is 0 Å². The van der Waals surface area contributed by atoms with Gasteiger partial charge in [-0.15, -0.1) is 0 Å². The molecule has 0 aromatic rings. The Morgan fingerprint density at radius 2 is 1.50 bits per heavy atom. The van der Waals surface area contributed by atoms with Crippen molar-refractivity contribution in [3.8, 4) is 0 Å². The Bertz CT molecular complexity index is 75.1. The second kappa shape index (κ2) is 5.67. The standard InChI is InChI=1S/CH7O6P3/c1-8(2)6-10(5)7-9(3)4/h2-5H,1H3/t8-,10?/m0/s1. The average Bonchev–Trinajstić information content (AvgIpc) is 1.58. The Morgan fingerprint density at radius 1 is 1.00 bits per heavy atom. The molecule has 10 heavy (non-hydrogen) atoms. The Balaban J connectivity index is 3.34. The molecule has 0 saturated carbocycles. The Labute approximate surface area is 61.3 Å². The van der Waals surface area contributed by atoms with Crippen molar-refractivity contribution in [2.24, 2.45) is 0 Å². The van der Waals surface area contributed by atoms with Crippen LogP contribution in [-0.4, -0.2) is 26.2 Å². The van der Waals surface area contributed by atoms with Crippen molar-refractivity contribution < 1.29 is 28.2 Å². The SMILES string of the molecule is C[P@@](O)OP(O)OP(O)O. The zero-order valence-electron chi connectivity index (χ0n) is 4.95. The van der Waals surface area contributed by atoms with Gasteiger partial charge in [0.2, 0.25) is 0 Å². The summed E-state index contributed by atoms with van der Waals surface area (Å²) in [6, 6.07) is 0. The first-order valence-electron chi connectivity index (χ1n) is 1.98. The molecule has 2 atom stereocenters. The minimum absolute atomic E-state index is 1.32. The Hall–Kier alpha value is 1.05. The molecule has 0 fully saturated rings. The molecule has 0 heterocycles. The monoisotopic (exact) mass is 208 g/mol. The van der Waals surface area contributed by atoms with Crippen molar-refractivity contribution in [1.29, 1.82) is 0 Å². The number of hydrogen-bond acceptors (Lipinski definition) is 6. The van der Waals surface area contributed by atoms with Crippen molar-refractivity contribution in [2.75, 3.05) is 6.66 Å². The summed E-state index contributed by atoms with van der Waals surface area (Å²) in [6.45, 7) is 1.32. The summed E-state index contributed by atoms with van der Waals surface area (Å²) in [5.74, 6) is 0. The van der Waals surface area contributed by atoms with Crippen LogP contribution >= 0.6 is 25.6 Å². The van der Waals surface area contributed by atoms with Crippen LogP contribution in [0, 0.1) is 0 Å². The molecule has 1 unspecified atom stereocenters. The van der Waals surface area contributed by atoms with Gasteiger partial charge < -0.3 is 19.6 Å². The quantitative estimate of drug-likeness (QED) is 0.498. The zero-order valence-corrected chi connectivity index (χ0v) is 7.63. The molecule has 6 nitrogen and oxygen atoms in total. The van der Waals surface area contributed by atoms with Gasteiger partial charge in [0, 0.05) is 6.66 Å². The van der Waals surface area contributed by atoms with Gasteiger partial charge in [-0.3, -0.25) is 4.31 Å². The lowest BCUT2D eigenvalue weighted by Crippen LogP contribution is -1.80. The van der Waals surface area contributed by atoms with Crippen molar-refractivity contribution in [2.45, 2.75) is 0 Å². The fourth-order valence-electron chi connectivity index (χ4n) is 0.178. The van der Waals surface area contributed by atoms with Crippen LogP contribution in [0.5, 0.6) is 0 Å². The maximum Gasteiger partial charge on any atom is 0.342 e. The van der Waals surface area contributed by atoms with Crippen LogP contribution in [0.15, 0.2) is 0 Å². The van der Waals surface area contributed by atoms with Crippen molar-refractivity contribution >= 4 is 25.6 Å². The molecule has 0 aromatic carbocycles. The van der Waals surface area contributed by atoms with Crippen LogP contribution in [0.2, 0.25) is 0 Å². The van der Waals surface area contributed by atoms with E-state index < -0.39 is 25.6 Å². The normalized spacial score (nSPS) is 17.4. The Kier molecular flexibility index (Phi) is 6.26. The second-order valence-corrected chi connectivity index (χ2v) is 4.33. The largest absolute Gasteiger partial charge is 0.350 e. The van der Waals surface area contributed by atoms with E-state index in [1.54, 1.807) is 0 Å². The van der Waals surface area contributed by atoms with Gasteiger partial charge in [0.25, 0.3) is 0 Å². The van der Waals surface area contributed by atoms with Crippen molar-refractivity contribution in [3.05, 3.63) is 0 Å². The molecule has 9 heteroatoms. The highest BCUT2D eigenvalue weighted by Gasteiger charge is 2.15. The first-order chi connectivity index (χ1) is 4.52. The van der Waals surface area contributed by atoms with Gasteiger partial charge in [-0.25, -0.2) is 4.31 Å². The summed E-state index contributed by atoms with van der Waals surface area (Å²) >= 11 is 0. The van der Waals surface area contributed by atoms with E-state index >= 15 is 0 Å². The highest BCUT2D eigenvalue weighted by Crippen LogP contribution is 2.53. The molecule has 0 aliphatic carbocycles. The van der Waals surface area contributed by atoms with Crippen LogP contribution in [0.25, 0.3) is 0 Å². The summed E-state index contributed by atoms with van der Waals surface area (Å²) in [4.78, 5) is 33.3. The highest BCUT2D eigenvalue weighted by molar-refractivity contribution is 7.61. The lowest BCUT2D eigenvalue weighted by atomic mass is 12.0. The third-order valence-corrected chi connectivity index (χ3v) is 2.98. The average molecular weight is 208 g/mol. The molecule has 0 bridgehead atoms. The molecule has 0 aromatic heterocycles.